The second-order valence-electron chi connectivity index (χ2n) is 5.60. The van der Waals surface area contributed by atoms with Gasteiger partial charge in [-0.25, -0.2) is 0 Å². The Hall–Kier alpha value is -1.59. The molecule has 2 atom stereocenters. The number of nitrogens with zero attached hydrogens (tertiary/aromatic N) is 1. The van der Waals surface area contributed by atoms with Crippen LogP contribution in [0.4, 0.5) is 0 Å². The largest absolute Gasteiger partial charge is 0.492 e. The maximum atomic E-state index is 11.4. The lowest BCUT2D eigenvalue weighted by Gasteiger charge is -2.30. The number of rotatable bonds is 4. The van der Waals surface area contributed by atoms with Gasteiger partial charge in [-0.2, -0.15) is 0 Å². The molecule has 1 amide bonds. The predicted molar refractivity (Wildman–Crippen MR) is 79.3 cm³/mol. The van der Waals surface area contributed by atoms with Gasteiger partial charge < -0.3 is 14.8 Å². The summed E-state index contributed by atoms with van der Waals surface area (Å²) < 4.78 is 11.4. The number of benzene rings is 1. The number of likely N-dealkylation sites (tertiary alicyclic amines) is 1. The minimum atomic E-state index is 0.0112. The molecular formula is C16H22N2O3. The number of morpholine rings is 1. The number of nitrogens with one attached hydrogen (secondary N) is 1. The Bertz CT molecular complexity index is 466. The zero-order chi connectivity index (χ0) is 14.5. The van der Waals surface area contributed by atoms with Gasteiger partial charge in [0.25, 0.3) is 0 Å². The van der Waals surface area contributed by atoms with Crippen LogP contribution >= 0.6 is 0 Å². The highest BCUT2D eigenvalue weighted by molar-refractivity contribution is 5.78. The highest BCUT2D eigenvalue weighted by Gasteiger charge is 2.32. The first kappa shape index (κ1) is 14.4. The van der Waals surface area contributed by atoms with E-state index in [1.165, 1.54) is 0 Å². The number of carbonyl (C=O) groups is 1. The molecule has 2 fully saturated rings. The van der Waals surface area contributed by atoms with E-state index in [4.69, 9.17) is 9.47 Å². The summed E-state index contributed by atoms with van der Waals surface area (Å²) in [6.45, 7) is 3.77. The van der Waals surface area contributed by atoms with Crippen LogP contribution in [-0.4, -0.2) is 55.8 Å². The third kappa shape index (κ3) is 3.95. The normalized spacial score (nSPS) is 26.6. The van der Waals surface area contributed by atoms with Crippen molar-refractivity contribution in [1.29, 1.82) is 0 Å². The van der Waals surface area contributed by atoms with Gasteiger partial charge in [-0.05, 0) is 25.0 Å². The zero-order valence-electron chi connectivity index (χ0n) is 12.2. The van der Waals surface area contributed by atoms with E-state index in [-0.39, 0.29) is 24.7 Å². The van der Waals surface area contributed by atoms with Crippen molar-refractivity contribution in [3.05, 3.63) is 30.3 Å². The molecule has 0 spiro atoms. The van der Waals surface area contributed by atoms with Crippen LogP contribution in [0.1, 0.15) is 12.8 Å². The van der Waals surface area contributed by atoms with Crippen LogP contribution in [0.15, 0.2) is 30.3 Å². The van der Waals surface area contributed by atoms with Crippen molar-refractivity contribution in [1.82, 2.24) is 10.2 Å². The molecule has 2 saturated heterocycles. The molecule has 114 valence electrons. The highest BCUT2D eigenvalue weighted by atomic mass is 16.5. The smallest absolute Gasteiger partial charge is 0.246 e. The first-order valence-corrected chi connectivity index (χ1v) is 7.62. The Kier molecular flexibility index (Phi) is 4.72. The topological polar surface area (TPSA) is 50.8 Å². The quantitative estimate of drug-likeness (QED) is 0.900. The van der Waals surface area contributed by atoms with E-state index < -0.39 is 0 Å². The third-order valence-corrected chi connectivity index (χ3v) is 4.13. The van der Waals surface area contributed by atoms with E-state index in [2.05, 4.69) is 10.2 Å². The summed E-state index contributed by atoms with van der Waals surface area (Å²) in [6, 6.07) is 10.1. The molecule has 0 aliphatic carbocycles. The summed E-state index contributed by atoms with van der Waals surface area (Å²) in [4.78, 5) is 13.8. The number of fused-ring (bicyclic) bond motifs is 1. The Morgan fingerprint density at radius 2 is 2.05 bits per heavy atom. The Morgan fingerprint density at radius 3 is 2.90 bits per heavy atom. The number of amides is 1. The van der Waals surface area contributed by atoms with Crippen LogP contribution in [0.5, 0.6) is 5.75 Å². The molecule has 1 aromatic carbocycles. The molecule has 0 saturated carbocycles. The fourth-order valence-electron chi connectivity index (χ4n) is 2.96. The standard InChI is InChI=1S/C16H22N2O3/c19-16-12-21-15-7-9-18(8-6-14(15)17-16)10-11-20-13-4-2-1-3-5-13/h1-5,14-15H,6-12H2,(H,17,19)/t14-,15-/m0/s1. The van der Waals surface area contributed by atoms with Crippen molar-refractivity contribution >= 4 is 5.91 Å². The fraction of sp³-hybridized carbons (Fsp3) is 0.562. The van der Waals surface area contributed by atoms with Gasteiger partial charge in [0.15, 0.2) is 0 Å². The van der Waals surface area contributed by atoms with Crippen molar-refractivity contribution in [2.75, 3.05) is 32.8 Å². The molecule has 2 aliphatic heterocycles. The van der Waals surface area contributed by atoms with E-state index in [9.17, 15) is 4.79 Å². The highest BCUT2D eigenvalue weighted by Crippen LogP contribution is 2.18. The van der Waals surface area contributed by atoms with Crippen LogP contribution in [0.25, 0.3) is 0 Å². The van der Waals surface area contributed by atoms with Gasteiger partial charge in [-0.3, -0.25) is 9.69 Å². The van der Waals surface area contributed by atoms with E-state index in [1.807, 2.05) is 30.3 Å². The lowest BCUT2D eigenvalue weighted by Crippen LogP contribution is -2.51. The summed E-state index contributed by atoms with van der Waals surface area (Å²) >= 11 is 0. The molecule has 1 aromatic rings. The van der Waals surface area contributed by atoms with E-state index >= 15 is 0 Å². The molecule has 0 bridgehead atoms. The van der Waals surface area contributed by atoms with E-state index in [1.54, 1.807) is 0 Å². The maximum absolute atomic E-state index is 11.4. The van der Waals surface area contributed by atoms with Gasteiger partial charge in [0.05, 0.1) is 12.1 Å². The second-order valence-corrected chi connectivity index (χ2v) is 5.60. The van der Waals surface area contributed by atoms with Gasteiger partial charge in [-0.15, -0.1) is 0 Å². The molecule has 0 aromatic heterocycles. The molecule has 1 N–H and O–H groups in total. The Morgan fingerprint density at radius 1 is 1.24 bits per heavy atom. The molecule has 5 nitrogen and oxygen atoms in total. The predicted octanol–water partition coefficient (Wildman–Crippen LogP) is 1.04. The van der Waals surface area contributed by atoms with E-state index in [0.717, 1.165) is 38.2 Å². The van der Waals surface area contributed by atoms with Gasteiger partial charge in [-0.1, -0.05) is 18.2 Å². The maximum Gasteiger partial charge on any atom is 0.246 e. The molecule has 0 unspecified atom stereocenters. The average molecular weight is 290 g/mol. The minimum Gasteiger partial charge on any atom is -0.492 e. The van der Waals surface area contributed by atoms with Gasteiger partial charge in [0, 0.05) is 19.6 Å². The monoisotopic (exact) mass is 290 g/mol. The van der Waals surface area contributed by atoms with Crippen LogP contribution in [-0.2, 0) is 9.53 Å². The fourth-order valence-corrected chi connectivity index (χ4v) is 2.96. The third-order valence-electron chi connectivity index (χ3n) is 4.13. The molecule has 0 radical (unpaired) electrons. The van der Waals surface area contributed by atoms with Gasteiger partial charge in [0.1, 0.15) is 19.0 Å². The number of hydrogen-bond donors (Lipinski definition) is 1. The Balaban J connectivity index is 1.44. The van der Waals surface area contributed by atoms with E-state index in [0.29, 0.717) is 6.61 Å². The number of hydrogen-bond acceptors (Lipinski definition) is 4. The zero-order valence-corrected chi connectivity index (χ0v) is 12.2. The first-order chi connectivity index (χ1) is 10.3. The number of para-hydroxylation sites is 1. The van der Waals surface area contributed by atoms with Crippen molar-refractivity contribution in [3.63, 3.8) is 0 Å². The summed E-state index contributed by atoms with van der Waals surface area (Å²) in [5, 5.41) is 3.04. The van der Waals surface area contributed by atoms with Crippen LogP contribution in [0.3, 0.4) is 0 Å². The molecule has 2 aliphatic rings. The molecule has 21 heavy (non-hydrogen) atoms. The second kappa shape index (κ2) is 6.91. The van der Waals surface area contributed by atoms with Crippen molar-refractivity contribution < 1.29 is 14.3 Å². The van der Waals surface area contributed by atoms with Gasteiger partial charge >= 0.3 is 0 Å². The lowest BCUT2D eigenvalue weighted by molar-refractivity contribution is -0.136. The lowest BCUT2D eigenvalue weighted by atomic mass is 10.0. The molecular weight excluding hydrogens is 268 g/mol. The average Bonchev–Trinajstić information content (AvgIpc) is 2.71. The van der Waals surface area contributed by atoms with Crippen molar-refractivity contribution in [3.8, 4) is 5.75 Å². The van der Waals surface area contributed by atoms with Gasteiger partial charge in [0.2, 0.25) is 5.91 Å². The molecule has 5 heteroatoms. The van der Waals surface area contributed by atoms with Crippen molar-refractivity contribution in [2.45, 2.75) is 25.0 Å². The number of ether oxygens (including phenoxy) is 2. The summed E-state index contributed by atoms with van der Waals surface area (Å²) in [7, 11) is 0. The van der Waals surface area contributed by atoms with Crippen LogP contribution in [0, 0.1) is 0 Å². The Labute approximate surface area is 125 Å². The van der Waals surface area contributed by atoms with Crippen LogP contribution < -0.4 is 10.1 Å². The summed E-state index contributed by atoms with van der Waals surface area (Å²) in [6.07, 6.45) is 2.08. The molecule has 3 rings (SSSR count). The minimum absolute atomic E-state index is 0.0112. The SMILES string of the molecule is O=C1CO[C@H]2CCN(CCOc3ccccc3)CC[C@@H]2N1. The van der Waals surface area contributed by atoms with Crippen LogP contribution in [0.2, 0.25) is 0 Å². The van der Waals surface area contributed by atoms with Crippen molar-refractivity contribution in [2.24, 2.45) is 0 Å². The molecule has 2 heterocycles. The first-order valence-electron chi connectivity index (χ1n) is 7.62. The number of carbonyl (C=O) groups excluding carboxylic acids is 1. The summed E-state index contributed by atoms with van der Waals surface area (Å²) in [5.41, 5.74) is 0. The summed E-state index contributed by atoms with van der Waals surface area (Å²) in [5.74, 6) is 0.925.